The third-order valence-electron chi connectivity index (χ3n) is 3.82. The highest BCUT2D eigenvalue weighted by Gasteiger charge is 2.20. The average molecular weight is 256 g/mol. The molecule has 1 atom stereocenters. The van der Waals surface area contributed by atoms with Gasteiger partial charge in [-0.05, 0) is 52.7 Å². The maximum absolute atomic E-state index is 5.83. The number of morpholine rings is 1. The average Bonchev–Trinajstić information content (AvgIpc) is 2.28. The summed E-state index contributed by atoms with van der Waals surface area (Å²) in [5.74, 6) is 0.738. The quantitative estimate of drug-likeness (QED) is 0.696. The molecular formula is C15H32N2O. The van der Waals surface area contributed by atoms with Crippen molar-refractivity contribution in [2.75, 3.05) is 39.8 Å². The van der Waals surface area contributed by atoms with E-state index < -0.39 is 0 Å². The molecule has 0 radical (unpaired) electrons. The Morgan fingerprint density at radius 3 is 2.61 bits per heavy atom. The highest BCUT2D eigenvalue weighted by molar-refractivity contribution is 4.73. The van der Waals surface area contributed by atoms with Crippen LogP contribution in [-0.4, -0.2) is 61.8 Å². The molecule has 0 spiro atoms. The van der Waals surface area contributed by atoms with E-state index in [2.05, 4.69) is 44.5 Å². The minimum absolute atomic E-state index is 0.460. The van der Waals surface area contributed by atoms with Crippen LogP contribution in [0.5, 0.6) is 0 Å². The largest absolute Gasteiger partial charge is 0.376 e. The molecule has 0 unspecified atom stereocenters. The Morgan fingerprint density at radius 2 is 2.00 bits per heavy atom. The Labute approximate surface area is 113 Å². The summed E-state index contributed by atoms with van der Waals surface area (Å²) in [5.41, 5.74) is 0. The smallest absolute Gasteiger partial charge is 0.0705 e. The van der Waals surface area contributed by atoms with E-state index in [9.17, 15) is 0 Å². The zero-order chi connectivity index (χ0) is 13.5. The van der Waals surface area contributed by atoms with Gasteiger partial charge in [0.25, 0.3) is 0 Å². The molecular weight excluding hydrogens is 224 g/mol. The summed E-state index contributed by atoms with van der Waals surface area (Å²) < 4.78 is 5.83. The summed E-state index contributed by atoms with van der Waals surface area (Å²) in [7, 11) is 2.21. The van der Waals surface area contributed by atoms with Gasteiger partial charge < -0.3 is 9.64 Å². The highest BCUT2D eigenvalue weighted by Crippen LogP contribution is 2.14. The van der Waals surface area contributed by atoms with Gasteiger partial charge in [-0.25, -0.2) is 0 Å². The molecule has 1 aliphatic heterocycles. The molecule has 1 heterocycles. The van der Waals surface area contributed by atoms with Gasteiger partial charge in [0.1, 0.15) is 0 Å². The number of rotatable bonds is 7. The van der Waals surface area contributed by atoms with Crippen molar-refractivity contribution in [3.05, 3.63) is 0 Å². The molecule has 0 aromatic carbocycles. The van der Waals surface area contributed by atoms with Crippen LogP contribution in [0.1, 0.15) is 40.5 Å². The van der Waals surface area contributed by atoms with Crippen molar-refractivity contribution in [2.45, 2.75) is 52.7 Å². The monoisotopic (exact) mass is 256 g/mol. The van der Waals surface area contributed by atoms with Gasteiger partial charge in [-0.15, -0.1) is 0 Å². The highest BCUT2D eigenvalue weighted by atomic mass is 16.5. The van der Waals surface area contributed by atoms with Crippen LogP contribution in [-0.2, 0) is 4.74 Å². The fourth-order valence-corrected chi connectivity index (χ4v) is 2.45. The molecule has 18 heavy (non-hydrogen) atoms. The second-order valence-electron chi connectivity index (χ2n) is 6.35. The van der Waals surface area contributed by atoms with Crippen LogP contribution in [0.2, 0.25) is 0 Å². The van der Waals surface area contributed by atoms with E-state index in [1.54, 1.807) is 0 Å². The minimum Gasteiger partial charge on any atom is -0.376 e. The zero-order valence-corrected chi connectivity index (χ0v) is 13.0. The van der Waals surface area contributed by atoms with Gasteiger partial charge in [-0.2, -0.15) is 0 Å². The van der Waals surface area contributed by atoms with Gasteiger partial charge >= 0.3 is 0 Å². The number of ether oxygens (including phenoxy) is 1. The van der Waals surface area contributed by atoms with Crippen LogP contribution in [0.25, 0.3) is 0 Å². The van der Waals surface area contributed by atoms with Crippen molar-refractivity contribution in [3.63, 3.8) is 0 Å². The summed E-state index contributed by atoms with van der Waals surface area (Å²) in [4.78, 5) is 5.00. The Morgan fingerprint density at radius 1 is 1.28 bits per heavy atom. The van der Waals surface area contributed by atoms with Crippen LogP contribution in [0.15, 0.2) is 0 Å². The molecule has 3 heteroatoms. The number of nitrogens with zero attached hydrogens (tertiary/aromatic N) is 2. The summed E-state index contributed by atoms with van der Waals surface area (Å²) in [6, 6.07) is 0.656. The SMILES string of the molecule is CC(C)C[C@@H]1CN(CCCN(C)C(C)C)CCO1. The molecule has 1 aliphatic rings. The minimum atomic E-state index is 0.460. The van der Waals surface area contributed by atoms with Crippen LogP contribution < -0.4 is 0 Å². The number of hydrogen-bond acceptors (Lipinski definition) is 3. The van der Waals surface area contributed by atoms with Gasteiger partial charge in [0, 0.05) is 19.1 Å². The second kappa shape index (κ2) is 8.13. The Bertz CT molecular complexity index is 219. The first-order valence-electron chi connectivity index (χ1n) is 7.53. The van der Waals surface area contributed by atoms with Crippen LogP contribution in [0.4, 0.5) is 0 Å². The Hall–Kier alpha value is -0.120. The third-order valence-corrected chi connectivity index (χ3v) is 3.82. The lowest BCUT2D eigenvalue weighted by molar-refractivity contribution is -0.0379. The maximum Gasteiger partial charge on any atom is 0.0705 e. The fraction of sp³-hybridized carbons (Fsp3) is 1.00. The molecule has 0 bridgehead atoms. The summed E-state index contributed by atoms with van der Waals surface area (Å²) in [6.07, 6.45) is 2.92. The lowest BCUT2D eigenvalue weighted by atomic mass is 10.0. The molecule has 0 aromatic heterocycles. The van der Waals surface area contributed by atoms with Crippen molar-refractivity contribution >= 4 is 0 Å². The van der Waals surface area contributed by atoms with E-state index in [0.717, 1.165) is 25.6 Å². The van der Waals surface area contributed by atoms with E-state index in [0.29, 0.717) is 12.1 Å². The standard InChI is InChI=1S/C15H32N2O/c1-13(2)11-15-12-17(9-10-18-15)8-6-7-16(5)14(3)4/h13-15H,6-12H2,1-5H3/t15-/m1/s1. The molecule has 0 aliphatic carbocycles. The van der Waals surface area contributed by atoms with Crippen LogP contribution in [0.3, 0.4) is 0 Å². The van der Waals surface area contributed by atoms with Crippen molar-refractivity contribution in [1.82, 2.24) is 9.80 Å². The first-order valence-corrected chi connectivity index (χ1v) is 7.53. The predicted molar refractivity (Wildman–Crippen MR) is 78.0 cm³/mol. The predicted octanol–water partition coefficient (Wildman–Crippen LogP) is 2.46. The lowest BCUT2D eigenvalue weighted by Crippen LogP contribution is -2.44. The van der Waals surface area contributed by atoms with E-state index in [1.807, 2.05) is 0 Å². The van der Waals surface area contributed by atoms with Crippen molar-refractivity contribution < 1.29 is 4.74 Å². The first kappa shape index (κ1) is 15.9. The van der Waals surface area contributed by atoms with Gasteiger partial charge in [0.05, 0.1) is 12.7 Å². The number of hydrogen-bond donors (Lipinski definition) is 0. The van der Waals surface area contributed by atoms with Crippen LogP contribution in [0, 0.1) is 5.92 Å². The summed E-state index contributed by atoms with van der Waals surface area (Å²) in [5, 5.41) is 0. The third kappa shape index (κ3) is 6.17. The molecule has 3 nitrogen and oxygen atoms in total. The molecule has 0 N–H and O–H groups in total. The topological polar surface area (TPSA) is 15.7 Å². The van der Waals surface area contributed by atoms with E-state index in [4.69, 9.17) is 4.74 Å². The zero-order valence-electron chi connectivity index (χ0n) is 13.0. The van der Waals surface area contributed by atoms with E-state index in [1.165, 1.54) is 25.9 Å². The van der Waals surface area contributed by atoms with Gasteiger partial charge in [0.2, 0.25) is 0 Å². The maximum atomic E-state index is 5.83. The normalized spacial score (nSPS) is 22.3. The van der Waals surface area contributed by atoms with Crippen molar-refractivity contribution in [2.24, 2.45) is 5.92 Å². The van der Waals surface area contributed by atoms with Crippen molar-refractivity contribution in [3.8, 4) is 0 Å². The molecule has 0 aromatic rings. The van der Waals surface area contributed by atoms with Crippen molar-refractivity contribution in [1.29, 1.82) is 0 Å². The Balaban J connectivity index is 2.18. The molecule has 1 fully saturated rings. The molecule has 108 valence electrons. The fourth-order valence-electron chi connectivity index (χ4n) is 2.45. The molecule has 1 rings (SSSR count). The summed E-state index contributed by atoms with van der Waals surface area (Å²) in [6.45, 7) is 14.6. The van der Waals surface area contributed by atoms with Crippen LogP contribution >= 0.6 is 0 Å². The van der Waals surface area contributed by atoms with E-state index in [-0.39, 0.29) is 0 Å². The van der Waals surface area contributed by atoms with Gasteiger partial charge in [-0.3, -0.25) is 4.90 Å². The van der Waals surface area contributed by atoms with Gasteiger partial charge in [-0.1, -0.05) is 13.8 Å². The molecule has 1 saturated heterocycles. The lowest BCUT2D eigenvalue weighted by Gasteiger charge is -2.34. The molecule has 0 amide bonds. The molecule has 0 saturated carbocycles. The Kier molecular flexibility index (Phi) is 7.20. The first-order chi connectivity index (χ1) is 8.49. The summed E-state index contributed by atoms with van der Waals surface area (Å²) >= 11 is 0. The van der Waals surface area contributed by atoms with Gasteiger partial charge in [0.15, 0.2) is 0 Å². The van der Waals surface area contributed by atoms with E-state index >= 15 is 0 Å². The second-order valence-corrected chi connectivity index (χ2v) is 6.35.